The number of hydrogen-bond donors (Lipinski definition) is 1. The van der Waals surface area contributed by atoms with E-state index in [4.69, 9.17) is 4.74 Å². The first kappa shape index (κ1) is 14.1. The van der Waals surface area contributed by atoms with Gasteiger partial charge in [0, 0.05) is 31.8 Å². The number of nitrogens with one attached hydrogen (secondary N) is 1. The SMILES string of the molecule is COc1ccc2[nH]cc(C(=O)c3cccc(C)c3I)c2c1. The maximum absolute atomic E-state index is 12.8. The monoisotopic (exact) mass is 391 g/mol. The predicted octanol–water partition coefficient (Wildman–Crippen LogP) is 4.32. The number of methoxy groups -OCH3 is 1. The zero-order valence-electron chi connectivity index (χ0n) is 11.7. The summed E-state index contributed by atoms with van der Waals surface area (Å²) in [5, 5.41) is 0.886. The summed E-state index contributed by atoms with van der Waals surface area (Å²) in [5.74, 6) is 0.776. The Labute approximate surface area is 136 Å². The van der Waals surface area contributed by atoms with Gasteiger partial charge in [0.15, 0.2) is 5.78 Å². The van der Waals surface area contributed by atoms with Crippen LogP contribution in [0.25, 0.3) is 10.9 Å². The second-order valence-corrected chi connectivity index (χ2v) is 5.96. The normalized spacial score (nSPS) is 10.8. The van der Waals surface area contributed by atoms with Crippen LogP contribution in [0.15, 0.2) is 42.6 Å². The molecule has 0 bridgehead atoms. The molecule has 0 atom stereocenters. The third-order valence-corrected chi connectivity index (χ3v) is 5.00. The van der Waals surface area contributed by atoms with Crippen LogP contribution in [0.4, 0.5) is 0 Å². The first-order valence-electron chi connectivity index (χ1n) is 6.56. The number of H-pyrrole nitrogens is 1. The fourth-order valence-electron chi connectivity index (χ4n) is 2.38. The molecule has 1 aromatic heterocycles. The second kappa shape index (κ2) is 5.52. The van der Waals surface area contributed by atoms with Gasteiger partial charge in [-0.25, -0.2) is 0 Å². The highest BCUT2D eigenvalue weighted by Crippen LogP contribution is 2.27. The summed E-state index contributed by atoms with van der Waals surface area (Å²) in [4.78, 5) is 16.0. The topological polar surface area (TPSA) is 42.1 Å². The zero-order chi connectivity index (χ0) is 15.0. The molecule has 3 nitrogen and oxygen atoms in total. The Morgan fingerprint density at radius 2 is 2.00 bits per heavy atom. The van der Waals surface area contributed by atoms with E-state index in [-0.39, 0.29) is 5.78 Å². The van der Waals surface area contributed by atoms with Gasteiger partial charge in [0.25, 0.3) is 0 Å². The first-order valence-corrected chi connectivity index (χ1v) is 7.64. The maximum atomic E-state index is 12.8. The highest BCUT2D eigenvalue weighted by Gasteiger charge is 2.17. The molecule has 0 spiro atoms. The zero-order valence-corrected chi connectivity index (χ0v) is 13.9. The number of rotatable bonds is 3. The Morgan fingerprint density at radius 3 is 2.76 bits per heavy atom. The quantitative estimate of drug-likeness (QED) is 0.534. The minimum atomic E-state index is 0.0302. The van der Waals surface area contributed by atoms with E-state index in [0.717, 1.165) is 31.3 Å². The van der Waals surface area contributed by atoms with Gasteiger partial charge in [0.05, 0.1) is 7.11 Å². The summed E-state index contributed by atoms with van der Waals surface area (Å²) >= 11 is 2.23. The molecule has 3 rings (SSSR count). The molecule has 0 fully saturated rings. The molecule has 0 saturated carbocycles. The largest absolute Gasteiger partial charge is 0.497 e. The van der Waals surface area contributed by atoms with E-state index in [1.807, 2.05) is 43.3 Å². The second-order valence-electron chi connectivity index (χ2n) is 4.88. The van der Waals surface area contributed by atoms with Crippen molar-refractivity contribution in [2.75, 3.05) is 7.11 Å². The lowest BCUT2D eigenvalue weighted by Crippen LogP contribution is -2.04. The lowest BCUT2D eigenvalue weighted by Gasteiger charge is -2.06. The van der Waals surface area contributed by atoms with Crippen molar-refractivity contribution < 1.29 is 9.53 Å². The summed E-state index contributed by atoms with van der Waals surface area (Å²) < 4.78 is 6.25. The Bertz CT molecular complexity index is 836. The molecule has 4 heteroatoms. The van der Waals surface area contributed by atoms with Gasteiger partial charge in [-0.15, -0.1) is 0 Å². The number of ether oxygens (including phenoxy) is 1. The third-order valence-electron chi connectivity index (χ3n) is 3.57. The fraction of sp³-hybridized carbons (Fsp3) is 0.118. The lowest BCUT2D eigenvalue weighted by atomic mass is 10.0. The van der Waals surface area contributed by atoms with Gasteiger partial charge >= 0.3 is 0 Å². The molecule has 1 N–H and O–H groups in total. The van der Waals surface area contributed by atoms with Crippen molar-refractivity contribution in [1.29, 1.82) is 0 Å². The molecule has 0 aliphatic rings. The number of hydrogen-bond acceptors (Lipinski definition) is 2. The number of halogens is 1. The number of benzene rings is 2. The molecule has 0 saturated heterocycles. The van der Waals surface area contributed by atoms with E-state index in [1.165, 1.54) is 0 Å². The van der Waals surface area contributed by atoms with Gasteiger partial charge in [-0.05, 0) is 59.3 Å². The van der Waals surface area contributed by atoms with Gasteiger partial charge in [0.2, 0.25) is 0 Å². The number of aryl methyl sites for hydroxylation is 1. The number of aromatic nitrogens is 1. The molecule has 0 aliphatic heterocycles. The van der Waals surface area contributed by atoms with Crippen molar-refractivity contribution in [2.45, 2.75) is 6.92 Å². The molecule has 0 radical (unpaired) electrons. The minimum absolute atomic E-state index is 0.0302. The number of ketones is 1. The van der Waals surface area contributed by atoms with E-state index in [2.05, 4.69) is 27.6 Å². The Balaban J connectivity index is 2.15. The predicted molar refractivity (Wildman–Crippen MR) is 92.2 cm³/mol. The first-order chi connectivity index (χ1) is 10.1. The standard InChI is InChI=1S/C17H14INO2/c1-10-4-3-5-12(16(10)18)17(20)14-9-19-15-7-6-11(21-2)8-13(14)15/h3-9,19H,1-2H3. The van der Waals surface area contributed by atoms with Crippen LogP contribution in [-0.2, 0) is 0 Å². The third kappa shape index (κ3) is 2.44. The van der Waals surface area contributed by atoms with Crippen LogP contribution in [-0.4, -0.2) is 17.9 Å². The van der Waals surface area contributed by atoms with Crippen LogP contribution in [0.5, 0.6) is 5.75 Å². The molecule has 106 valence electrons. The van der Waals surface area contributed by atoms with Crippen LogP contribution in [0.1, 0.15) is 21.5 Å². The van der Waals surface area contributed by atoms with Crippen LogP contribution >= 0.6 is 22.6 Å². The van der Waals surface area contributed by atoms with Crippen LogP contribution < -0.4 is 4.74 Å². The minimum Gasteiger partial charge on any atom is -0.497 e. The van der Waals surface area contributed by atoms with Crippen molar-refractivity contribution >= 4 is 39.3 Å². The van der Waals surface area contributed by atoms with Gasteiger partial charge in [-0.2, -0.15) is 0 Å². The van der Waals surface area contributed by atoms with E-state index < -0.39 is 0 Å². The van der Waals surface area contributed by atoms with Crippen molar-refractivity contribution in [3.05, 3.63) is 62.9 Å². The van der Waals surface area contributed by atoms with Gasteiger partial charge in [-0.3, -0.25) is 4.79 Å². The Hall–Kier alpha value is -1.82. The molecule has 1 heterocycles. The Kier molecular flexibility index (Phi) is 3.71. The molecular weight excluding hydrogens is 377 g/mol. The number of carbonyl (C=O) groups excluding carboxylic acids is 1. The van der Waals surface area contributed by atoms with Crippen LogP contribution in [0.2, 0.25) is 0 Å². The lowest BCUT2D eigenvalue weighted by molar-refractivity contribution is 0.103. The average molecular weight is 391 g/mol. The van der Waals surface area contributed by atoms with Gasteiger partial charge in [-0.1, -0.05) is 12.1 Å². The molecular formula is C17H14INO2. The summed E-state index contributed by atoms with van der Waals surface area (Å²) in [7, 11) is 1.62. The smallest absolute Gasteiger partial charge is 0.196 e. The van der Waals surface area contributed by atoms with Gasteiger partial charge in [0.1, 0.15) is 5.75 Å². The highest BCUT2D eigenvalue weighted by molar-refractivity contribution is 14.1. The van der Waals surface area contributed by atoms with Gasteiger partial charge < -0.3 is 9.72 Å². The molecule has 0 aliphatic carbocycles. The number of aromatic amines is 1. The Morgan fingerprint density at radius 1 is 1.19 bits per heavy atom. The summed E-state index contributed by atoms with van der Waals surface area (Å²) in [6, 6.07) is 11.5. The van der Waals surface area contributed by atoms with Crippen molar-refractivity contribution in [2.24, 2.45) is 0 Å². The van der Waals surface area contributed by atoms with E-state index in [9.17, 15) is 4.79 Å². The van der Waals surface area contributed by atoms with Crippen LogP contribution in [0.3, 0.4) is 0 Å². The van der Waals surface area contributed by atoms with E-state index in [1.54, 1.807) is 13.3 Å². The average Bonchev–Trinajstić information content (AvgIpc) is 2.92. The molecule has 0 unspecified atom stereocenters. The van der Waals surface area contributed by atoms with Crippen LogP contribution in [0, 0.1) is 10.5 Å². The summed E-state index contributed by atoms with van der Waals surface area (Å²) in [6.45, 7) is 2.01. The van der Waals surface area contributed by atoms with E-state index in [0.29, 0.717) is 5.56 Å². The summed E-state index contributed by atoms with van der Waals surface area (Å²) in [5.41, 5.74) is 3.45. The molecule has 3 aromatic rings. The van der Waals surface area contributed by atoms with Crippen molar-refractivity contribution in [3.63, 3.8) is 0 Å². The molecule has 21 heavy (non-hydrogen) atoms. The number of carbonyl (C=O) groups is 1. The molecule has 2 aromatic carbocycles. The number of fused-ring (bicyclic) bond motifs is 1. The maximum Gasteiger partial charge on any atom is 0.196 e. The van der Waals surface area contributed by atoms with E-state index >= 15 is 0 Å². The molecule has 0 amide bonds. The summed E-state index contributed by atoms with van der Waals surface area (Å²) in [6.07, 6.45) is 1.77. The van der Waals surface area contributed by atoms with Crippen molar-refractivity contribution in [3.8, 4) is 5.75 Å². The fourth-order valence-corrected chi connectivity index (χ4v) is 2.99. The van der Waals surface area contributed by atoms with Crippen molar-refractivity contribution in [1.82, 2.24) is 4.98 Å². The highest BCUT2D eigenvalue weighted by atomic mass is 127.